The standard InChI is InChI=1S/C21H24N2O3/c1-4-25-20(24)18-19(16-11-7-5-8-12-16)26-21(23(18)15(2)3)22-17-13-9-6-10-14-17/h5-15,18-19H,4H2,1-3H3/t18-,19+/m0/s1. The zero-order valence-corrected chi connectivity index (χ0v) is 15.3. The zero-order valence-electron chi connectivity index (χ0n) is 15.3. The zero-order chi connectivity index (χ0) is 18.5. The quantitative estimate of drug-likeness (QED) is 0.761. The number of hydrogen-bond donors (Lipinski definition) is 0. The molecule has 5 nitrogen and oxygen atoms in total. The summed E-state index contributed by atoms with van der Waals surface area (Å²) in [5.41, 5.74) is 1.71. The maximum absolute atomic E-state index is 12.7. The molecule has 0 aromatic heterocycles. The van der Waals surface area contributed by atoms with Crippen LogP contribution in [0.15, 0.2) is 65.7 Å². The van der Waals surface area contributed by atoms with Crippen molar-refractivity contribution in [3.05, 3.63) is 66.2 Å². The van der Waals surface area contributed by atoms with E-state index >= 15 is 0 Å². The summed E-state index contributed by atoms with van der Waals surface area (Å²) in [5.74, 6) is -0.298. The third kappa shape index (κ3) is 3.72. The predicted molar refractivity (Wildman–Crippen MR) is 101 cm³/mol. The summed E-state index contributed by atoms with van der Waals surface area (Å²) in [7, 11) is 0. The van der Waals surface area contributed by atoms with Crippen LogP contribution in [0, 0.1) is 0 Å². The molecular formula is C21H24N2O3. The topological polar surface area (TPSA) is 51.1 Å². The van der Waals surface area contributed by atoms with E-state index in [1.165, 1.54) is 0 Å². The molecule has 5 heteroatoms. The predicted octanol–water partition coefficient (Wildman–Crippen LogP) is 4.09. The van der Waals surface area contributed by atoms with Crippen molar-refractivity contribution in [2.24, 2.45) is 4.99 Å². The summed E-state index contributed by atoms with van der Waals surface area (Å²) in [6.45, 7) is 6.17. The van der Waals surface area contributed by atoms with Crippen LogP contribution in [0.4, 0.5) is 5.69 Å². The minimum atomic E-state index is -0.570. The molecule has 26 heavy (non-hydrogen) atoms. The molecule has 3 rings (SSSR count). The van der Waals surface area contributed by atoms with Crippen LogP contribution in [0.2, 0.25) is 0 Å². The highest BCUT2D eigenvalue weighted by molar-refractivity contribution is 5.89. The van der Waals surface area contributed by atoms with Crippen molar-refractivity contribution in [1.82, 2.24) is 4.90 Å². The van der Waals surface area contributed by atoms with Gasteiger partial charge in [-0.2, -0.15) is 4.99 Å². The maximum atomic E-state index is 12.7. The summed E-state index contributed by atoms with van der Waals surface area (Å²) in [4.78, 5) is 19.3. The number of aliphatic imine (C=N–C) groups is 1. The second kappa shape index (κ2) is 8.04. The molecule has 1 fully saturated rings. The van der Waals surface area contributed by atoms with Crippen LogP contribution in [-0.2, 0) is 14.3 Å². The number of esters is 1. The molecular weight excluding hydrogens is 328 g/mol. The van der Waals surface area contributed by atoms with Gasteiger partial charge >= 0.3 is 5.97 Å². The highest BCUT2D eigenvalue weighted by atomic mass is 16.6. The van der Waals surface area contributed by atoms with Crippen LogP contribution >= 0.6 is 0 Å². The summed E-state index contributed by atoms with van der Waals surface area (Å²) in [5, 5.41) is 0. The largest absolute Gasteiger partial charge is 0.464 e. The average Bonchev–Trinajstić information content (AvgIpc) is 3.03. The number of benzene rings is 2. The smallest absolute Gasteiger partial charge is 0.333 e. The molecule has 0 unspecified atom stereocenters. The molecule has 2 atom stereocenters. The van der Waals surface area contributed by atoms with E-state index in [0.29, 0.717) is 12.6 Å². The fourth-order valence-corrected chi connectivity index (χ4v) is 3.10. The average molecular weight is 352 g/mol. The van der Waals surface area contributed by atoms with Crippen LogP contribution in [0.5, 0.6) is 0 Å². The molecule has 0 aliphatic carbocycles. The van der Waals surface area contributed by atoms with Gasteiger partial charge in [-0.1, -0.05) is 48.5 Å². The van der Waals surface area contributed by atoms with Gasteiger partial charge in [0.05, 0.1) is 12.3 Å². The van der Waals surface area contributed by atoms with Gasteiger partial charge < -0.3 is 14.4 Å². The van der Waals surface area contributed by atoms with Crippen molar-refractivity contribution >= 4 is 17.7 Å². The van der Waals surface area contributed by atoms with Gasteiger partial charge in [-0.25, -0.2) is 4.79 Å². The minimum absolute atomic E-state index is 0.0283. The lowest BCUT2D eigenvalue weighted by Gasteiger charge is -2.27. The molecule has 1 aliphatic heterocycles. The normalized spacial score (nSPS) is 21.1. The molecule has 1 aliphatic rings. The number of ether oxygens (including phenoxy) is 2. The number of nitrogens with zero attached hydrogens (tertiary/aromatic N) is 2. The fraction of sp³-hybridized carbons (Fsp3) is 0.333. The van der Waals surface area contributed by atoms with Gasteiger partial charge in [0.1, 0.15) is 0 Å². The van der Waals surface area contributed by atoms with E-state index in [1.54, 1.807) is 0 Å². The number of hydrogen-bond acceptors (Lipinski definition) is 4. The first-order valence-electron chi connectivity index (χ1n) is 8.92. The van der Waals surface area contributed by atoms with Crippen molar-refractivity contribution in [2.45, 2.75) is 39.0 Å². The Balaban J connectivity index is 2.04. The highest BCUT2D eigenvalue weighted by Gasteiger charge is 2.47. The van der Waals surface area contributed by atoms with E-state index in [9.17, 15) is 4.79 Å². The van der Waals surface area contributed by atoms with Gasteiger partial charge in [-0.15, -0.1) is 0 Å². The molecule has 0 radical (unpaired) electrons. The first kappa shape index (κ1) is 18.0. The van der Waals surface area contributed by atoms with E-state index in [2.05, 4.69) is 4.99 Å². The van der Waals surface area contributed by atoms with E-state index in [4.69, 9.17) is 9.47 Å². The third-order valence-electron chi connectivity index (χ3n) is 4.23. The molecule has 0 spiro atoms. The Morgan fingerprint density at radius 3 is 2.31 bits per heavy atom. The van der Waals surface area contributed by atoms with Gasteiger partial charge in [0.15, 0.2) is 12.1 Å². The summed E-state index contributed by atoms with van der Waals surface area (Å²) in [6.07, 6.45) is -0.458. The van der Waals surface area contributed by atoms with Gasteiger partial charge in [-0.05, 0) is 38.5 Å². The minimum Gasteiger partial charge on any atom is -0.464 e. The second-order valence-corrected chi connectivity index (χ2v) is 6.38. The van der Waals surface area contributed by atoms with Crippen molar-refractivity contribution in [3.8, 4) is 0 Å². The molecule has 2 aromatic rings. The molecule has 0 N–H and O–H groups in total. The summed E-state index contributed by atoms with van der Waals surface area (Å²) in [6, 6.07) is 19.2. The van der Waals surface area contributed by atoms with Crippen molar-refractivity contribution in [2.75, 3.05) is 6.61 Å². The van der Waals surface area contributed by atoms with Crippen molar-refractivity contribution in [3.63, 3.8) is 0 Å². The van der Waals surface area contributed by atoms with Gasteiger partial charge in [-0.3, -0.25) is 0 Å². The van der Waals surface area contributed by atoms with Crippen molar-refractivity contribution in [1.29, 1.82) is 0 Å². The van der Waals surface area contributed by atoms with Gasteiger partial charge in [0.25, 0.3) is 6.02 Å². The van der Waals surface area contributed by atoms with Crippen LogP contribution in [0.25, 0.3) is 0 Å². The van der Waals surface area contributed by atoms with Crippen LogP contribution in [-0.4, -0.2) is 35.6 Å². The molecule has 1 saturated heterocycles. The highest BCUT2D eigenvalue weighted by Crippen LogP contribution is 2.35. The Kier molecular flexibility index (Phi) is 5.56. The third-order valence-corrected chi connectivity index (χ3v) is 4.23. The number of carbonyl (C=O) groups is 1. The van der Waals surface area contributed by atoms with Gasteiger partial charge in [0, 0.05) is 6.04 Å². The number of amidine groups is 1. The Bertz CT molecular complexity index is 759. The Labute approximate surface area is 154 Å². The lowest BCUT2D eigenvalue weighted by Crippen LogP contribution is -2.45. The number of para-hydroxylation sites is 1. The van der Waals surface area contributed by atoms with Crippen LogP contribution in [0.1, 0.15) is 32.4 Å². The molecule has 0 amide bonds. The first-order valence-corrected chi connectivity index (χ1v) is 8.92. The fourth-order valence-electron chi connectivity index (χ4n) is 3.10. The number of rotatable bonds is 5. The molecule has 136 valence electrons. The monoisotopic (exact) mass is 352 g/mol. The van der Waals surface area contributed by atoms with E-state index < -0.39 is 12.1 Å². The molecule has 1 heterocycles. The maximum Gasteiger partial charge on any atom is 0.333 e. The lowest BCUT2D eigenvalue weighted by atomic mass is 10.0. The van der Waals surface area contributed by atoms with E-state index in [1.807, 2.05) is 86.3 Å². The Morgan fingerprint density at radius 2 is 1.73 bits per heavy atom. The van der Waals surface area contributed by atoms with Crippen LogP contribution in [0.3, 0.4) is 0 Å². The summed E-state index contributed by atoms with van der Waals surface area (Å²) >= 11 is 0. The van der Waals surface area contributed by atoms with E-state index in [0.717, 1.165) is 11.3 Å². The summed E-state index contributed by atoms with van der Waals surface area (Å²) < 4.78 is 11.5. The van der Waals surface area contributed by atoms with E-state index in [-0.39, 0.29) is 12.0 Å². The Morgan fingerprint density at radius 1 is 1.12 bits per heavy atom. The molecule has 0 bridgehead atoms. The Hall–Kier alpha value is -2.82. The SMILES string of the molecule is CCOC(=O)[C@@H]1[C@@H](c2ccccc2)OC(=Nc2ccccc2)N1C(C)C. The molecule has 0 saturated carbocycles. The van der Waals surface area contributed by atoms with Crippen molar-refractivity contribution < 1.29 is 14.3 Å². The first-order chi connectivity index (χ1) is 12.6. The lowest BCUT2D eigenvalue weighted by molar-refractivity contribution is -0.149. The number of carbonyl (C=O) groups excluding carboxylic acids is 1. The van der Waals surface area contributed by atoms with Gasteiger partial charge in [0.2, 0.25) is 0 Å². The second-order valence-electron chi connectivity index (χ2n) is 6.38. The van der Waals surface area contributed by atoms with Crippen LogP contribution < -0.4 is 0 Å². The molecule has 2 aromatic carbocycles.